The van der Waals surface area contributed by atoms with Crippen molar-refractivity contribution >= 4 is 38.5 Å². The van der Waals surface area contributed by atoms with Gasteiger partial charge in [-0.05, 0) is 45.2 Å². The third-order valence-corrected chi connectivity index (χ3v) is 5.22. The first-order valence-electron chi connectivity index (χ1n) is 8.51. The van der Waals surface area contributed by atoms with E-state index >= 15 is 0 Å². The lowest BCUT2D eigenvalue weighted by atomic mass is 9.94. The Bertz CT molecular complexity index is 1200. The van der Waals surface area contributed by atoms with Gasteiger partial charge in [0.1, 0.15) is 0 Å². The van der Waals surface area contributed by atoms with Crippen LogP contribution >= 0.6 is 0 Å². The second-order valence-corrected chi connectivity index (χ2v) is 6.57. The van der Waals surface area contributed by atoms with E-state index in [1.165, 1.54) is 10.8 Å². The van der Waals surface area contributed by atoms with E-state index in [1.807, 2.05) is 36.4 Å². The van der Waals surface area contributed by atoms with Gasteiger partial charge in [-0.25, -0.2) is 0 Å². The third kappa shape index (κ3) is 1.93. The number of rotatable bonds is 1. The molecule has 1 heteroatoms. The minimum absolute atomic E-state index is 0.139. The van der Waals surface area contributed by atoms with E-state index in [0.717, 1.165) is 38.6 Å². The predicted octanol–water partition coefficient (Wildman–Crippen LogP) is 6.12. The molecule has 0 heterocycles. The van der Waals surface area contributed by atoms with Crippen LogP contribution in [0.15, 0.2) is 78.9 Å². The largest absolute Gasteiger partial charge is 0.289 e. The van der Waals surface area contributed by atoms with E-state index in [-0.39, 0.29) is 5.78 Å². The predicted molar refractivity (Wildman–Crippen MR) is 105 cm³/mol. The maximum atomic E-state index is 13.3. The Morgan fingerprint density at radius 2 is 1.36 bits per heavy atom. The lowest BCUT2D eigenvalue weighted by Gasteiger charge is -2.08. The van der Waals surface area contributed by atoms with Crippen LogP contribution in [0.3, 0.4) is 0 Å². The van der Waals surface area contributed by atoms with Gasteiger partial charge in [-0.15, -0.1) is 0 Å². The molecule has 118 valence electrons. The van der Waals surface area contributed by atoms with Gasteiger partial charge in [-0.3, -0.25) is 4.79 Å². The highest BCUT2D eigenvalue weighted by molar-refractivity contribution is 6.43. The molecule has 0 unspecified atom stereocenters. The lowest BCUT2D eigenvalue weighted by Crippen LogP contribution is -1.99. The first-order chi connectivity index (χ1) is 12.3. The lowest BCUT2D eigenvalue weighted by molar-refractivity contribution is 0.106. The quantitative estimate of drug-likeness (QED) is 0.386. The first-order valence-corrected chi connectivity index (χ1v) is 8.51. The molecular formula is C24H16O. The zero-order chi connectivity index (χ0) is 17.0. The van der Waals surface area contributed by atoms with E-state index in [9.17, 15) is 4.79 Å². The maximum absolute atomic E-state index is 13.3. The molecule has 0 spiro atoms. The van der Waals surface area contributed by atoms with Crippen molar-refractivity contribution in [3.8, 4) is 0 Å². The molecule has 0 aliphatic heterocycles. The summed E-state index contributed by atoms with van der Waals surface area (Å²) in [5, 5.41) is 4.59. The van der Waals surface area contributed by atoms with E-state index in [1.54, 1.807) is 0 Å². The van der Waals surface area contributed by atoms with Crippen LogP contribution < -0.4 is 0 Å². The van der Waals surface area contributed by atoms with Crippen LogP contribution in [-0.2, 0) is 0 Å². The second-order valence-electron chi connectivity index (χ2n) is 6.57. The van der Waals surface area contributed by atoms with Gasteiger partial charge in [0, 0.05) is 11.1 Å². The van der Waals surface area contributed by atoms with E-state index in [4.69, 9.17) is 0 Å². The van der Waals surface area contributed by atoms with Crippen LogP contribution in [0.25, 0.3) is 32.7 Å². The molecule has 0 radical (unpaired) electrons. The summed E-state index contributed by atoms with van der Waals surface area (Å²) in [7, 11) is 0. The fourth-order valence-corrected chi connectivity index (χ4v) is 4.03. The molecule has 1 aliphatic carbocycles. The van der Waals surface area contributed by atoms with Crippen LogP contribution in [-0.4, -0.2) is 5.78 Å². The molecule has 0 saturated carbocycles. The third-order valence-electron chi connectivity index (χ3n) is 5.22. The zero-order valence-corrected chi connectivity index (χ0v) is 13.9. The number of hydrogen-bond acceptors (Lipinski definition) is 1. The minimum Gasteiger partial charge on any atom is -0.289 e. The zero-order valence-electron chi connectivity index (χ0n) is 13.9. The molecule has 25 heavy (non-hydrogen) atoms. The normalized spacial score (nSPS) is 13.7. The molecule has 0 amide bonds. The number of fused-ring (bicyclic) bond motifs is 5. The average Bonchev–Trinajstić information content (AvgIpc) is 2.93. The fraction of sp³-hybridized carbons (Fsp3) is 0.0417. The number of benzene rings is 4. The van der Waals surface area contributed by atoms with Gasteiger partial charge in [0.05, 0.1) is 0 Å². The van der Waals surface area contributed by atoms with E-state index in [2.05, 4.69) is 49.4 Å². The number of carbonyl (C=O) groups is 1. The standard InChI is InChI=1S/C24H16O/c1-15-18-13-14-20-19-10-6-5-7-16(19)11-12-21(20)23(18)24(25)22(15)17-8-3-2-4-9-17/h2-14H,1H3. The van der Waals surface area contributed by atoms with Crippen molar-refractivity contribution in [1.29, 1.82) is 0 Å². The van der Waals surface area contributed by atoms with Crippen molar-refractivity contribution < 1.29 is 4.79 Å². The van der Waals surface area contributed by atoms with Gasteiger partial charge in [0.2, 0.25) is 0 Å². The smallest absolute Gasteiger partial charge is 0.195 e. The summed E-state index contributed by atoms with van der Waals surface area (Å²) >= 11 is 0. The summed E-state index contributed by atoms with van der Waals surface area (Å²) < 4.78 is 0. The van der Waals surface area contributed by atoms with Crippen molar-refractivity contribution in [2.45, 2.75) is 6.92 Å². The summed E-state index contributed by atoms with van der Waals surface area (Å²) in [6.45, 7) is 2.05. The summed E-state index contributed by atoms with van der Waals surface area (Å²) in [5.74, 6) is 0.139. The molecule has 0 saturated heterocycles. The molecule has 5 rings (SSSR count). The monoisotopic (exact) mass is 320 g/mol. The Morgan fingerprint density at radius 1 is 0.640 bits per heavy atom. The van der Waals surface area contributed by atoms with Crippen LogP contribution in [0.1, 0.15) is 28.4 Å². The molecule has 0 N–H and O–H groups in total. The molecule has 4 aromatic rings. The van der Waals surface area contributed by atoms with Gasteiger partial charge in [0.25, 0.3) is 0 Å². The highest BCUT2D eigenvalue weighted by atomic mass is 16.1. The number of ketones is 1. The van der Waals surface area contributed by atoms with Gasteiger partial charge in [-0.2, -0.15) is 0 Å². The SMILES string of the molecule is CC1=C(c2ccccc2)C(=O)c2c1ccc1c2ccc2ccccc21. The van der Waals surface area contributed by atoms with Gasteiger partial charge >= 0.3 is 0 Å². The van der Waals surface area contributed by atoms with E-state index < -0.39 is 0 Å². The molecule has 1 nitrogen and oxygen atoms in total. The Labute approximate surface area is 146 Å². The summed E-state index contributed by atoms with van der Waals surface area (Å²) in [6.07, 6.45) is 0. The average molecular weight is 320 g/mol. The molecule has 0 atom stereocenters. The number of carbonyl (C=O) groups excluding carboxylic acids is 1. The maximum Gasteiger partial charge on any atom is 0.195 e. The van der Waals surface area contributed by atoms with Crippen LogP contribution in [0.5, 0.6) is 0 Å². The minimum atomic E-state index is 0.139. The Kier molecular flexibility index (Phi) is 2.92. The summed E-state index contributed by atoms with van der Waals surface area (Å²) in [5.41, 5.74) is 4.80. The highest BCUT2D eigenvalue weighted by Crippen LogP contribution is 2.42. The summed E-state index contributed by atoms with van der Waals surface area (Å²) in [4.78, 5) is 13.3. The fourth-order valence-electron chi connectivity index (χ4n) is 4.03. The number of allylic oxidation sites excluding steroid dienone is 2. The molecule has 1 aliphatic rings. The van der Waals surface area contributed by atoms with Crippen LogP contribution in [0.4, 0.5) is 0 Å². The number of Topliss-reactive ketones (excluding diaryl/α,β-unsaturated/α-hetero) is 1. The van der Waals surface area contributed by atoms with Crippen LogP contribution in [0.2, 0.25) is 0 Å². The van der Waals surface area contributed by atoms with Gasteiger partial charge < -0.3 is 0 Å². The second kappa shape index (κ2) is 5.15. The molecule has 0 fully saturated rings. The van der Waals surface area contributed by atoms with E-state index in [0.29, 0.717) is 0 Å². The summed E-state index contributed by atoms with van der Waals surface area (Å²) in [6, 6.07) is 26.8. The van der Waals surface area contributed by atoms with Crippen molar-refractivity contribution in [3.63, 3.8) is 0 Å². The Balaban J connectivity index is 1.82. The Morgan fingerprint density at radius 3 is 2.20 bits per heavy atom. The molecular weight excluding hydrogens is 304 g/mol. The van der Waals surface area contributed by atoms with Crippen molar-refractivity contribution in [2.75, 3.05) is 0 Å². The molecule has 0 aromatic heterocycles. The first kappa shape index (κ1) is 14.2. The van der Waals surface area contributed by atoms with Crippen molar-refractivity contribution in [2.24, 2.45) is 0 Å². The van der Waals surface area contributed by atoms with Crippen molar-refractivity contribution in [3.05, 3.63) is 95.6 Å². The van der Waals surface area contributed by atoms with Crippen molar-refractivity contribution in [1.82, 2.24) is 0 Å². The highest BCUT2D eigenvalue weighted by Gasteiger charge is 2.29. The van der Waals surface area contributed by atoms with Crippen LogP contribution in [0, 0.1) is 0 Å². The topological polar surface area (TPSA) is 17.1 Å². The number of hydrogen-bond donors (Lipinski definition) is 0. The Hall–Kier alpha value is -3.19. The van der Waals surface area contributed by atoms with Gasteiger partial charge in [-0.1, -0.05) is 78.9 Å². The molecule has 4 aromatic carbocycles. The molecule has 0 bridgehead atoms. The van der Waals surface area contributed by atoms with Gasteiger partial charge in [0.15, 0.2) is 5.78 Å².